The maximum absolute atomic E-state index is 6.29. The van der Waals surface area contributed by atoms with E-state index in [2.05, 4.69) is 193 Å². The summed E-state index contributed by atoms with van der Waals surface area (Å²) in [5, 5.41) is 4.68. The van der Waals surface area contributed by atoms with Crippen LogP contribution in [0.25, 0.3) is 71.7 Å². The second-order valence-corrected chi connectivity index (χ2v) is 15.0. The van der Waals surface area contributed by atoms with Gasteiger partial charge in [0.05, 0.1) is 11.0 Å². The number of anilines is 3. The Bertz CT molecular complexity index is 3080. The van der Waals surface area contributed by atoms with Gasteiger partial charge in [-0.1, -0.05) is 117 Å². The Hall–Kier alpha value is -6.84. The highest BCUT2D eigenvalue weighted by Crippen LogP contribution is 2.52. The molecule has 54 heavy (non-hydrogen) atoms. The van der Waals surface area contributed by atoms with E-state index in [0.29, 0.717) is 0 Å². The Kier molecular flexibility index (Phi) is 6.60. The number of hydrogen-bond donors (Lipinski definition) is 0. The molecule has 0 fully saturated rings. The molecular weight excluding hydrogens is 657 g/mol. The molecule has 0 radical (unpaired) electrons. The van der Waals surface area contributed by atoms with Crippen molar-refractivity contribution in [2.75, 3.05) is 4.90 Å². The lowest BCUT2D eigenvalue weighted by Crippen LogP contribution is -2.16. The molecule has 3 nitrogen and oxygen atoms in total. The van der Waals surface area contributed by atoms with Crippen molar-refractivity contribution < 1.29 is 4.42 Å². The first-order chi connectivity index (χ1) is 26.5. The van der Waals surface area contributed by atoms with Crippen LogP contribution in [0.1, 0.15) is 25.0 Å². The molecule has 3 heteroatoms. The second-order valence-electron chi connectivity index (χ2n) is 15.0. The van der Waals surface area contributed by atoms with E-state index in [4.69, 9.17) is 4.42 Å². The molecule has 0 amide bonds. The molecule has 1 aliphatic carbocycles. The molecule has 2 heterocycles. The number of hydrogen-bond acceptors (Lipinski definition) is 2. The Balaban J connectivity index is 1.12. The van der Waals surface area contributed by atoms with Crippen LogP contribution in [0.5, 0.6) is 0 Å². The van der Waals surface area contributed by atoms with Crippen molar-refractivity contribution in [3.05, 3.63) is 193 Å². The van der Waals surface area contributed by atoms with Gasteiger partial charge in [-0.25, -0.2) is 0 Å². The molecule has 11 rings (SSSR count). The molecule has 0 atom stereocenters. The predicted octanol–water partition coefficient (Wildman–Crippen LogP) is 14.1. The minimum Gasteiger partial charge on any atom is -0.456 e. The van der Waals surface area contributed by atoms with Crippen molar-refractivity contribution in [2.24, 2.45) is 0 Å². The summed E-state index contributed by atoms with van der Waals surface area (Å²) >= 11 is 0. The van der Waals surface area contributed by atoms with Gasteiger partial charge in [-0.15, -0.1) is 0 Å². The summed E-state index contributed by atoms with van der Waals surface area (Å²) in [5.41, 5.74) is 16.3. The first-order valence-corrected chi connectivity index (χ1v) is 18.7. The number of rotatable bonds is 5. The fourth-order valence-corrected chi connectivity index (χ4v) is 8.93. The van der Waals surface area contributed by atoms with Crippen LogP contribution >= 0.6 is 0 Å². The minimum absolute atomic E-state index is 0.186. The van der Waals surface area contributed by atoms with Crippen LogP contribution in [0.2, 0.25) is 0 Å². The molecule has 256 valence electrons. The van der Waals surface area contributed by atoms with E-state index in [1.807, 2.05) is 12.1 Å². The zero-order valence-corrected chi connectivity index (χ0v) is 30.1. The molecule has 8 aromatic carbocycles. The molecule has 0 saturated carbocycles. The maximum Gasteiger partial charge on any atom is 0.135 e. The molecule has 10 aromatic rings. The fourth-order valence-electron chi connectivity index (χ4n) is 8.93. The third-order valence-electron chi connectivity index (χ3n) is 11.6. The van der Waals surface area contributed by atoms with Crippen LogP contribution in [0.15, 0.2) is 186 Å². The minimum atomic E-state index is -0.186. The van der Waals surface area contributed by atoms with Gasteiger partial charge >= 0.3 is 0 Å². The zero-order valence-electron chi connectivity index (χ0n) is 30.1. The third-order valence-corrected chi connectivity index (χ3v) is 11.6. The van der Waals surface area contributed by atoms with Gasteiger partial charge in [0, 0.05) is 49.7 Å². The van der Waals surface area contributed by atoms with Crippen LogP contribution in [-0.4, -0.2) is 4.57 Å². The van der Waals surface area contributed by atoms with Gasteiger partial charge in [-0.2, -0.15) is 0 Å². The molecule has 0 unspecified atom stereocenters. The Labute approximate surface area is 314 Å². The van der Waals surface area contributed by atoms with Gasteiger partial charge in [0.15, 0.2) is 0 Å². The lowest BCUT2D eigenvalue weighted by molar-refractivity contribution is 0.660. The number of benzene rings is 8. The summed E-state index contributed by atoms with van der Waals surface area (Å²) < 4.78 is 8.67. The third kappa shape index (κ3) is 4.55. The van der Waals surface area contributed by atoms with E-state index in [-0.39, 0.29) is 5.41 Å². The summed E-state index contributed by atoms with van der Waals surface area (Å²) in [4.78, 5) is 2.42. The van der Waals surface area contributed by atoms with E-state index in [0.717, 1.165) is 44.7 Å². The van der Waals surface area contributed by atoms with Crippen LogP contribution < -0.4 is 4.90 Å². The highest BCUT2D eigenvalue weighted by Gasteiger charge is 2.36. The summed E-state index contributed by atoms with van der Waals surface area (Å²) in [7, 11) is 0. The Morgan fingerprint density at radius 2 is 1.00 bits per heavy atom. The largest absolute Gasteiger partial charge is 0.456 e. The average molecular weight is 693 g/mol. The molecule has 0 N–H and O–H groups in total. The Morgan fingerprint density at radius 1 is 0.426 bits per heavy atom. The maximum atomic E-state index is 6.29. The molecule has 0 spiro atoms. The van der Waals surface area contributed by atoms with Crippen molar-refractivity contribution in [3.8, 4) is 27.9 Å². The topological polar surface area (TPSA) is 21.3 Å². The number of aromatic nitrogens is 1. The van der Waals surface area contributed by atoms with Gasteiger partial charge in [0.1, 0.15) is 11.2 Å². The van der Waals surface area contributed by atoms with E-state index < -0.39 is 0 Å². The van der Waals surface area contributed by atoms with Gasteiger partial charge < -0.3 is 13.9 Å². The van der Waals surface area contributed by atoms with Crippen molar-refractivity contribution in [1.82, 2.24) is 4.57 Å². The molecule has 0 bridgehead atoms. The number of para-hydroxylation sites is 3. The van der Waals surface area contributed by atoms with E-state index >= 15 is 0 Å². The van der Waals surface area contributed by atoms with E-state index in [9.17, 15) is 0 Å². The SMILES string of the molecule is CC1(C)c2cc(-c3ccccc3)ccc2-c2ccc(N(c3ccc4oc5ccccc5c4c3)c3ccc4c(c3)c3ccccc3n4-c3ccccc3)cc21. The second kappa shape index (κ2) is 11.6. The highest BCUT2D eigenvalue weighted by atomic mass is 16.3. The number of nitrogens with zero attached hydrogens (tertiary/aromatic N) is 2. The summed E-state index contributed by atoms with van der Waals surface area (Å²) in [6.07, 6.45) is 0. The Morgan fingerprint density at radius 3 is 1.81 bits per heavy atom. The van der Waals surface area contributed by atoms with Gasteiger partial charge in [0.25, 0.3) is 0 Å². The molecule has 1 aliphatic rings. The van der Waals surface area contributed by atoms with Crippen LogP contribution in [0.3, 0.4) is 0 Å². The monoisotopic (exact) mass is 692 g/mol. The van der Waals surface area contributed by atoms with Gasteiger partial charge in [-0.3, -0.25) is 0 Å². The smallest absolute Gasteiger partial charge is 0.135 e. The highest BCUT2D eigenvalue weighted by molar-refractivity contribution is 6.11. The van der Waals surface area contributed by atoms with Crippen molar-refractivity contribution in [1.29, 1.82) is 0 Å². The average Bonchev–Trinajstić information content (AvgIpc) is 3.83. The van der Waals surface area contributed by atoms with Gasteiger partial charge in [0.2, 0.25) is 0 Å². The lowest BCUT2D eigenvalue weighted by atomic mass is 9.81. The van der Waals surface area contributed by atoms with Gasteiger partial charge in [-0.05, 0) is 112 Å². The lowest BCUT2D eigenvalue weighted by Gasteiger charge is -2.28. The van der Waals surface area contributed by atoms with E-state index in [1.165, 1.54) is 55.2 Å². The standard InChI is InChI=1S/C51H36N2O/c1-51(2)45-29-34(33-13-5-3-6-14-33)21-25-39(45)40-26-22-38(32-46(40)51)52(37-24-28-50-44(31-37)42-18-10-12-20-49(42)54-50)36-23-27-48-43(30-36)41-17-9-11-19-47(41)53(48)35-15-7-4-8-16-35/h3-32H,1-2H3. The van der Waals surface area contributed by atoms with Crippen LogP contribution in [0.4, 0.5) is 17.1 Å². The van der Waals surface area contributed by atoms with E-state index in [1.54, 1.807) is 0 Å². The molecule has 2 aromatic heterocycles. The predicted molar refractivity (Wildman–Crippen MR) is 226 cm³/mol. The molecule has 0 aliphatic heterocycles. The summed E-state index contributed by atoms with van der Waals surface area (Å²) in [6, 6.07) is 66.0. The summed E-state index contributed by atoms with van der Waals surface area (Å²) in [5.74, 6) is 0. The normalized spacial score (nSPS) is 13.1. The molecular formula is C51H36N2O. The van der Waals surface area contributed by atoms with Crippen molar-refractivity contribution in [2.45, 2.75) is 19.3 Å². The number of furan rings is 1. The van der Waals surface area contributed by atoms with Crippen molar-refractivity contribution in [3.63, 3.8) is 0 Å². The van der Waals surface area contributed by atoms with Crippen LogP contribution in [0, 0.1) is 0 Å². The first kappa shape index (κ1) is 30.8. The first-order valence-electron chi connectivity index (χ1n) is 18.7. The van der Waals surface area contributed by atoms with Crippen LogP contribution in [-0.2, 0) is 5.41 Å². The molecule has 0 saturated heterocycles. The summed E-state index contributed by atoms with van der Waals surface area (Å²) in [6.45, 7) is 4.74. The van der Waals surface area contributed by atoms with Crippen molar-refractivity contribution >= 4 is 60.8 Å². The zero-order chi connectivity index (χ0) is 36.0. The fraction of sp³-hybridized carbons (Fsp3) is 0.0588. The number of fused-ring (bicyclic) bond motifs is 9. The quantitative estimate of drug-likeness (QED) is 0.179.